The van der Waals surface area contributed by atoms with Gasteiger partial charge in [0.15, 0.2) is 0 Å². The summed E-state index contributed by atoms with van der Waals surface area (Å²) in [7, 11) is 0. The van der Waals surface area contributed by atoms with Crippen LogP contribution in [-0.4, -0.2) is 12.1 Å². The first-order valence-electron chi connectivity index (χ1n) is 5.99. The normalized spacial score (nSPS) is 35.3. The zero-order valence-electron chi connectivity index (χ0n) is 9.71. The predicted octanol–water partition coefficient (Wildman–Crippen LogP) is 3.22. The van der Waals surface area contributed by atoms with E-state index in [2.05, 4.69) is 13.0 Å². The number of ether oxygens (including phenoxy) is 1. The number of allylic oxidation sites excluding steroid dienone is 1. The summed E-state index contributed by atoms with van der Waals surface area (Å²) in [4.78, 5) is 11.1. The highest BCUT2D eigenvalue weighted by Gasteiger charge is 2.42. The van der Waals surface area contributed by atoms with Crippen molar-refractivity contribution in [2.75, 3.05) is 0 Å². The Hall–Kier alpha value is -0.790. The molecular formula is C13H20O2. The maximum atomic E-state index is 11.1. The highest BCUT2D eigenvalue weighted by molar-refractivity contribution is 5.66. The molecule has 0 unspecified atom stereocenters. The SMILES string of the molecule is CC(=O)O[C@H]1CCCC2=CCCC[C@@]21C. The van der Waals surface area contributed by atoms with Gasteiger partial charge in [-0.3, -0.25) is 4.79 Å². The van der Waals surface area contributed by atoms with Gasteiger partial charge in [0, 0.05) is 12.3 Å². The number of carbonyl (C=O) groups is 1. The molecule has 0 N–H and O–H groups in total. The fourth-order valence-electron chi connectivity index (χ4n) is 3.08. The first-order valence-corrected chi connectivity index (χ1v) is 5.99. The van der Waals surface area contributed by atoms with Crippen LogP contribution in [0.4, 0.5) is 0 Å². The summed E-state index contributed by atoms with van der Waals surface area (Å²) >= 11 is 0. The van der Waals surface area contributed by atoms with E-state index >= 15 is 0 Å². The van der Waals surface area contributed by atoms with Crippen LogP contribution in [0.15, 0.2) is 11.6 Å². The molecule has 1 saturated carbocycles. The molecular weight excluding hydrogens is 188 g/mol. The van der Waals surface area contributed by atoms with Gasteiger partial charge in [0.2, 0.25) is 0 Å². The van der Waals surface area contributed by atoms with Crippen LogP contribution in [0.3, 0.4) is 0 Å². The number of fused-ring (bicyclic) bond motifs is 1. The van der Waals surface area contributed by atoms with Crippen molar-refractivity contribution in [1.82, 2.24) is 0 Å². The molecule has 0 bridgehead atoms. The largest absolute Gasteiger partial charge is 0.462 e. The Morgan fingerprint density at radius 3 is 3.07 bits per heavy atom. The average molecular weight is 208 g/mol. The zero-order chi connectivity index (χ0) is 10.9. The fourth-order valence-corrected chi connectivity index (χ4v) is 3.08. The summed E-state index contributed by atoms with van der Waals surface area (Å²) in [5.74, 6) is -0.131. The minimum absolute atomic E-state index is 0.121. The lowest BCUT2D eigenvalue weighted by molar-refractivity contribution is -0.153. The molecule has 2 heteroatoms. The van der Waals surface area contributed by atoms with E-state index in [9.17, 15) is 4.79 Å². The molecule has 2 rings (SSSR count). The first-order chi connectivity index (χ1) is 7.13. The Morgan fingerprint density at radius 1 is 1.53 bits per heavy atom. The molecule has 2 aliphatic carbocycles. The van der Waals surface area contributed by atoms with Gasteiger partial charge in [-0.25, -0.2) is 0 Å². The molecule has 0 radical (unpaired) electrons. The minimum atomic E-state index is -0.131. The van der Waals surface area contributed by atoms with Crippen LogP contribution in [0, 0.1) is 5.41 Å². The fraction of sp³-hybridized carbons (Fsp3) is 0.769. The average Bonchev–Trinajstić information content (AvgIpc) is 2.18. The summed E-state index contributed by atoms with van der Waals surface area (Å²) in [5, 5.41) is 0. The molecule has 1 fully saturated rings. The van der Waals surface area contributed by atoms with E-state index < -0.39 is 0 Å². The second kappa shape index (κ2) is 3.99. The van der Waals surface area contributed by atoms with Crippen LogP contribution < -0.4 is 0 Å². The van der Waals surface area contributed by atoms with Gasteiger partial charge in [-0.15, -0.1) is 0 Å². The molecule has 2 nitrogen and oxygen atoms in total. The molecule has 0 aromatic rings. The molecule has 0 amide bonds. The second-order valence-electron chi connectivity index (χ2n) is 5.03. The van der Waals surface area contributed by atoms with Crippen LogP contribution in [0.5, 0.6) is 0 Å². The molecule has 0 aromatic heterocycles. The Morgan fingerprint density at radius 2 is 2.33 bits per heavy atom. The number of rotatable bonds is 1. The van der Waals surface area contributed by atoms with Crippen LogP contribution in [0.1, 0.15) is 52.4 Å². The molecule has 0 spiro atoms. The van der Waals surface area contributed by atoms with E-state index in [0.717, 1.165) is 6.42 Å². The lowest BCUT2D eigenvalue weighted by Gasteiger charge is -2.44. The van der Waals surface area contributed by atoms with Gasteiger partial charge in [0.25, 0.3) is 0 Å². The molecule has 0 heterocycles. The molecule has 0 aromatic carbocycles. The summed E-state index contributed by atoms with van der Waals surface area (Å²) in [6.07, 6.45) is 9.52. The number of hydrogen-bond donors (Lipinski definition) is 0. The number of esters is 1. The van der Waals surface area contributed by atoms with E-state index in [0.29, 0.717) is 0 Å². The molecule has 0 aliphatic heterocycles. The quantitative estimate of drug-likeness (QED) is 0.488. The van der Waals surface area contributed by atoms with Gasteiger partial charge in [-0.05, 0) is 38.5 Å². The third kappa shape index (κ3) is 1.95. The molecule has 2 aliphatic rings. The molecule has 2 atom stereocenters. The summed E-state index contributed by atoms with van der Waals surface area (Å²) in [6, 6.07) is 0. The summed E-state index contributed by atoms with van der Waals surface area (Å²) in [6.45, 7) is 3.79. The van der Waals surface area contributed by atoms with Gasteiger partial charge in [0.1, 0.15) is 6.10 Å². The zero-order valence-corrected chi connectivity index (χ0v) is 9.71. The third-order valence-corrected chi connectivity index (χ3v) is 3.96. The molecule has 15 heavy (non-hydrogen) atoms. The van der Waals surface area contributed by atoms with Crippen LogP contribution in [0.25, 0.3) is 0 Å². The van der Waals surface area contributed by atoms with Crippen molar-refractivity contribution in [2.45, 2.75) is 58.5 Å². The van der Waals surface area contributed by atoms with Gasteiger partial charge < -0.3 is 4.74 Å². The Bertz CT molecular complexity index is 293. The number of carbonyl (C=O) groups excluding carboxylic acids is 1. The van der Waals surface area contributed by atoms with Crippen molar-refractivity contribution in [3.8, 4) is 0 Å². The van der Waals surface area contributed by atoms with Crippen molar-refractivity contribution in [3.05, 3.63) is 11.6 Å². The second-order valence-corrected chi connectivity index (χ2v) is 5.03. The van der Waals surface area contributed by atoms with Gasteiger partial charge in [0.05, 0.1) is 0 Å². The van der Waals surface area contributed by atoms with Crippen molar-refractivity contribution in [2.24, 2.45) is 5.41 Å². The van der Waals surface area contributed by atoms with E-state index in [1.807, 2.05) is 0 Å². The standard InChI is InChI=1S/C13H20O2/c1-10(14)15-12-8-5-7-11-6-3-4-9-13(11,12)2/h6,12H,3-5,7-9H2,1-2H3/t12-,13-/m0/s1. The Kier molecular flexibility index (Phi) is 2.85. The third-order valence-electron chi connectivity index (χ3n) is 3.96. The van der Waals surface area contributed by atoms with Crippen LogP contribution in [0.2, 0.25) is 0 Å². The minimum Gasteiger partial charge on any atom is -0.462 e. The van der Waals surface area contributed by atoms with Gasteiger partial charge >= 0.3 is 5.97 Å². The smallest absolute Gasteiger partial charge is 0.302 e. The van der Waals surface area contributed by atoms with Crippen molar-refractivity contribution >= 4 is 5.97 Å². The summed E-state index contributed by atoms with van der Waals surface area (Å²) in [5.41, 5.74) is 1.67. The van der Waals surface area contributed by atoms with E-state index in [1.54, 1.807) is 0 Å². The van der Waals surface area contributed by atoms with Crippen LogP contribution in [-0.2, 0) is 9.53 Å². The van der Waals surface area contributed by atoms with Crippen LogP contribution >= 0.6 is 0 Å². The van der Waals surface area contributed by atoms with E-state index in [4.69, 9.17) is 4.74 Å². The Labute approximate surface area is 91.7 Å². The molecule has 84 valence electrons. The maximum absolute atomic E-state index is 11.1. The summed E-state index contributed by atoms with van der Waals surface area (Å²) < 4.78 is 5.48. The van der Waals surface area contributed by atoms with Crippen molar-refractivity contribution in [1.29, 1.82) is 0 Å². The highest BCUT2D eigenvalue weighted by atomic mass is 16.5. The van der Waals surface area contributed by atoms with Gasteiger partial charge in [-0.2, -0.15) is 0 Å². The predicted molar refractivity (Wildman–Crippen MR) is 59.4 cm³/mol. The van der Waals surface area contributed by atoms with Crippen molar-refractivity contribution in [3.63, 3.8) is 0 Å². The lowest BCUT2D eigenvalue weighted by Crippen LogP contribution is -2.41. The maximum Gasteiger partial charge on any atom is 0.302 e. The van der Waals surface area contributed by atoms with Crippen molar-refractivity contribution < 1.29 is 9.53 Å². The Balaban J connectivity index is 2.20. The topological polar surface area (TPSA) is 26.3 Å². The number of hydrogen-bond acceptors (Lipinski definition) is 2. The van der Waals surface area contributed by atoms with E-state index in [-0.39, 0.29) is 17.5 Å². The van der Waals surface area contributed by atoms with E-state index in [1.165, 1.54) is 44.6 Å². The van der Waals surface area contributed by atoms with Gasteiger partial charge in [-0.1, -0.05) is 18.6 Å². The highest BCUT2D eigenvalue weighted by Crippen LogP contribution is 2.48. The lowest BCUT2D eigenvalue weighted by atomic mass is 9.64. The molecule has 0 saturated heterocycles. The first kappa shape index (κ1) is 10.7. The monoisotopic (exact) mass is 208 g/mol.